The minimum absolute atomic E-state index is 0.0176. The number of ether oxygens (including phenoxy) is 1. The van der Waals surface area contributed by atoms with E-state index in [4.69, 9.17) is 4.74 Å². The Bertz CT molecular complexity index is 394. The normalized spacial score (nSPS) is 20.0. The van der Waals surface area contributed by atoms with Crippen LogP contribution in [0.5, 0.6) is 0 Å². The fourth-order valence-corrected chi connectivity index (χ4v) is 2.53. The molecule has 2 atom stereocenters. The Balaban J connectivity index is 3.01. The number of aliphatic hydroxyl groups is 1. The summed E-state index contributed by atoms with van der Waals surface area (Å²) in [5.74, 6) is 0.893. The molecule has 3 heteroatoms. The molecule has 0 aliphatic heterocycles. The monoisotopic (exact) mass is 263 g/mol. The molecular weight excluding hydrogens is 238 g/mol. The van der Waals surface area contributed by atoms with Gasteiger partial charge in [0.15, 0.2) is 0 Å². The highest BCUT2D eigenvalue weighted by Gasteiger charge is 2.25. The summed E-state index contributed by atoms with van der Waals surface area (Å²) >= 11 is 0. The zero-order valence-corrected chi connectivity index (χ0v) is 12.1. The highest BCUT2D eigenvalue weighted by molar-refractivity contribution is 5.35. The van der Waals surface area contributed by atoms with E-state index in [1.54, 1.807) is 7.11 Å². The molecule has 0 saturated carbocycles. The van der Waals surface area contributed by atoms with Gasteiger partial charge >= 0.3 is 0 Å². The van der Waals surface area contributed by atoms with Gasteiger partial charge in [0, 0.05) is 12.5 Å². The third-order valence-electron chi connectivity index (χ3n) is 3.71. The maximum Gasteiger partial charge on any atom is 0.106 e. The SMILES string of the molecule is C=C(OC)C(NC)C(CCO)/C(C)=C1\C=CC=CC1. The van der Waals surface area contributed by atoms with Crippen LogP contribution in [0, 0.1) is 5.92 Å². The van der Waals surface area contributed by atoms with Gasteiger partial charge in [-0.05, 0) is 32.4 Å². The van der Waals surface area contributed by atoms with Crippen molar-refractivity contribution in [2.24, 2.45) is 5.92 Å². The van der Waals surface area contributed by atoms with E-state index in [9.17, 15) is 5.11 Å². The highest BCUT2D eigenvalue weighted by Crippen LogP contribution is 2.28. The van der Waals surface area contributed by atoms with E-state index in [0.29, 0.717) is 12.2 Å². The Kier molecular flexibility index (Phi) is 6.60. The largest absolute Gasteiger partial charge is 0.500 e. The van der Waals surface area contributed by atoms with Gasteiger partial charge in [0.05, 0.1) is 13.2 Å². The molecular formula is C16H25NO2. The molecule has 1 aliphatic rings. The molecule has 3 nitrogen and oxygen atoms in total. The molecule has 0 bridgehead atoms. The Morgan fingerprint density at radius 1 is 1.53 bits per heavy atom. The quantitative estimate of drug-likeness (QED) is 0.694. The molecule has 19 heavy (non-hydrogen) atoms. The van der Waals surface area contributed by atoms with Gasteiger partial charge in [-0.1, -0.05) is 36.5 Å². The summed E-state index contributed by atoms with van der Waals surface area (Å²) in [6, 6.07) is 0.0176. The van der Waals surface area contributed by atoms with E-state index in [2.05, 4.69) is 43.1 Å². The standard InChI is InChI=1S/C16H25NO2/c1-12(14-8-6-5-7-9-14)15(10-11-18)16(17-3)13(2)19-4/h5-8,15-18H,2,9-11H2,1,3-4H3/b14-12+. The van der Waals surface area contributed by atoms with E-state index in [1.807, 2.05) is 7.05 Å². The van der Waals surface area contributed by atoms with E-state index >= 15 is 0 Å². The van der Waals surface area contributed by atoms with Crippen LogP contribution in [0.4, 0.5) is 0 Å². The third kappa shape index (κ3) is 4.08. The van der Waals surface area contributed by atoms with E-state index in [-0.39, 0.29) is 18.6 Å². The molecule has 0 saturated heterocycles. The number of nitrogens with one attached hydrogen (secondary N) is 1. The lowest BCUT2D eigenvalue weighted by molar-refractivity contribution is 0.208. The maximum absolute atomic E-state index is 9.33. The van der Waals surface area contributed by atoms with Crippen molar-refractivity contribution in [3.8, 4) is 0 Å². The van der Waals surface area contributed by atoms with Gasteiger partial charge in [0.1, 0.15) is 5.76 Å². The average Bonchev–Trinajstić information content (AvgIpc) is 2.47. The molecule has 1 rings (SSSR count). The maximum atomic E-state index is 9.33. The first kappa shape index (κ1) is 15.7. The average molecular weight is 263 g/mol. The first-order valence-corrected chi connectivity index (χ1v) is 6.69. The molecule has 0 aromatic carbocycles. The molecule has 106 valence electrons. The van der Waals surface area contributed by atoms with Crippen LogP contribution in [0.25, 0.3) is 0 Å². The van der Waals surface area contributed by atoms with E-state index < -0.39 is 0 Å². The lowest BCUT2D eigenvalue weighted by Gasteiger charge is -2.29. The van der Waals surface area contributed by atoms with Crippen LogP contribution in [0.3, 0.4) is 0 Å². The smallest absolute Gasteiger partial charge is 0.106 e. The second-order valence-corrected chi connectivity index (χ2v) is 4.76. The van der Waals surface area contributed by atoms with E-state index in [0.717, 1.165) is 6.42 Å². The Morgan fingerprint density at radius 2 is 2.26 bits per heavy atom. The first-order chi connectivity index (χ1) is 9.15. The summed E-state index contributed by atoms with van der Waals surface area (Å²) in [6.45, 7) is 6.24. The number of hydrogen-bond donors (Lipinski definition) is 2. The number of methoxy groups -OCH3 is 1. The van der Waals surface area contributed by atoms with Gasteiger partial charge in [-0.25, -0.2) is 0 Å². The van der Waals surface area contributed by atoms with Crippen molar-refractivity contribution in [2.45, 2.75) is 25.8 Å². The van der Waals surface area contributed by atoms with Gasteiger partial charge < -0.3 is 15.2 Å². The van der Waals surface area contributed by atoms with E-state index in [1.165, 1.54) is 11.1 Å². The van der Waals surface area contributed by atoms with Gasteiger partial charge in [0.25, 0.3) is 0 Å². The Labute approximate surface area is 116 Å². The number of rotatable bonds is 7. The van der Waals surface area contributed by atoms with Gasteiger partial charge in [-0.3, -0.25) is 0 Å². The first-order valence-electron chi connectivity index (χ1n) is 6.69. The molecule has 0 radical (unpaired) electrons. The molecule has 0 spiro atoms. The van der Waals surface area contributed by atoms with Crippen molar-refractivity contribution < 1.29 is 9.84 Å². The molecule has 2 N–H and O–H groups in total. The van der Waals surface area contributed by atoms with Crippen LogP contribution >= 0.6 is 0 Å². The van der Waals surface area contributed by atoms with Crippen molar-refractivity contribution in [3.05, 3.63) is 47.8 Å². The highest BCUT2D eigenvalue weighted by atomic mass is 16.5. The van der Waals surface area contributed by atoms with Crippen LogP contribution < -0.4 is 5.32 Å². The number of aliphatic hydroxyl groups excluding tert-OH is 1. The molecule has 1 aliphatic carbocycles. The molecule has 0 fully saturated rings. The zero-order chi connectivity index (χ0) is 14.3. The third-order valence-corrected chi connectivity index (χ3v) is 3.71. The van der Waals surface area contributed by atoms with Crippen molar-refractivity contribution in [1.82, 2.24) is 5.32 Å². The summed E-state index contributed by atoms with van der Waals surface area (Å²) in [4.78, 5) is 0. The Morgan fingerprint density at radius 3 is 2.74 bits per heavy atom. The predicted octanol–water partition coefficient (Wildman–Crippen LogP) is 2.57. The Hall–Kier alpha value is -1.32. The van der Waals surface area contributed by atoms with Crippen LogP contribution in [-0.4, -0.2) is 31.9 Å². The molecule has 0 amide bonds. The summed E-state index contributed by atoms with van der Waals surface area (Å²) < 4.78 is 5.27. The predicted molar refractivity (Wildman–Crippen MR) is 79.8 cm³/mol. The van der Waals surface area contributed by atoms with Crippen molar-refractivity contribution >= 4 is 0 Å². The van der Waals surface area contributed by atoms with Gasteiger partial charge in [0.2, 0.25) is 0 Å². The molecule has 0 aromatic heterocycles. The number of likely N-dealkylation sites (N-methyl/N-ethyl adjacent to an activating group) is 1. The van der Waals surface area contributed by atoms with Crippen LogP contribution in [0.2, 0.25) is 0 Å². The van der Waals surface area contributed by atoms with Crippen LogP contribution in [0.15, 0.2) is 47.8 Å². The second kappa shape index (κ2) is 7.97. The number of hydrogen-bond acceptors (Lipinski definition) is 3. The van der Waals surface area contributed by atoms with Crippen LogP contribution in [-0.2, 0) is 4.74 Å². The summed E-state index contributed by atoms with van der Waals surface area (Å²) in [5, 5.41) is 12.6. The van der Waals surface area contributed by atoms with Crippen LogP contribution in [0.1, 0.15) is 19.8 Å². The fourth-order valence-electron chi connectivity index (χ4n) is 2.53. The second-order valence-electron chi connectivity index (χ2n) is 4.76. The summed E-state index contributed by atoms with van der Waals surface area (Å²) in [5.41, 5.74) is 2.59. The minimum Gasteiger partial charge on any atom is -0.500 e. The van der Waals surface area contributed by atoms with Crippen molar-refractivity contribution in [1.29, 1.82) is 0 Å². The topological polar surface area (TPSA) is 41.5 Å². The zero-order valence-electron chi connectivity index (χ0n) is 12.1. The molecule has 2 unspecified atom stereocenters. The molecule has 0 heterocycles. The lowest BCUT2D eigenvalue weighted by Crippen LogP contribution is -2.37. The van der Waals surface area contributed by atoms with Gasteiger partial charge in [-0.2, -0.15) is 0 Å². The van der Waals surface area contributed by atoms with Gasteiger partial charge in [-0.15, -0.1) is 0 Å². The summed E-state index contributed by atoms with van der Waals surface area (Å²) in [6.07, 6.45) is 10.0. The minimum atomic E-state index is 0.0176. The summed E-state index contributed by atoms with van der Waals surface area (Å²) in [7, 11) is 3.53. The van der Waals surface area contributed by atoms with Crippen molar-refractivity contribution in [3.63, 3.8) is 0 Å². The lowest BCUT2D eigenvalue weighted by atomic mass is 9.84. The number of allylic oxidation sites excluding steroid dienone is 5. The van der Waals surface area contributed by atoms with Crippen molar-refractivity contribution in [2.75, 3.05) is 20.8 Å². The molecule has 0 aromatic rings. The fraction of sp³-hybridized carbons (Fsp3) is 0.500.